The van der Waals surface area contributed by atoms with E-state index in [1.807, 2.05) is 13.8 Å². The number of carbonyl (C=O) groups is 1. The minimum atomic E-state index is -4.53. The van der Waals surface area contributed by atoms with Crippen molar-refractivity contribution in [2.24, 2.45) is 0 Å². The predicted octanol–water partition coefficient (Wildman–Crippen LogP) is 7.17. The van der Waals surface area contributed by atoms with E-state index in [0.29, 0.717) is 49.2 Å². The quantitative estimate of drug-likeness (QED) is 0.311. The van der Waals surface area contributed by atoms with Gasteiger partial charge in [-0.05, 0) is 89.1 Å². The molecule has 0 radical (unpaired) electrons. The molecule has 5 rings (SSSR count). The van der Waals surface area contributed by atoms with Crippen LogP contribution in [0.15, 0.2) is 46.8 Å². The van der Waals surface area contributed by atoms with Crippen LogP contribution in [0.1, 0.15) is 88.0 Å². The van der Waals surface area contributed by atoms with E-state index in [-0.39, 0.29) is 21.9 Å². The average molecular weight is 653 g/mol. The van der Waals surface area contributed by atoms with Crippen LogP contribution in [0.25, 0.3) is 0 Å². The number of fused-ring (bicyclic) bond motifs is 1. The third-order valence-corrected chi connectivity index (χ3v) is 9.78. The van der Waals surface area contributed by atoms with Crippen molar-refractivity contribution in [1.29, 1.82) is 0 Å². The zero-order valence-electron chi connectivity index (χ0n) is 25.1. The molecule has 1 amide bonds. The van der Waals surface area contributed by atoms with E-state index < -0.39 is 39.1 Å². The van der Waals surface area contributed by atoms with Crippen LogP contribution in [0, 0.1) is 0 Å². The summed E-state index contributed by atoms with van der Waals surface area (Å²) in [6, 6.07) is 8.43. The molecule has 2 aliphatic rings. The van der Waals surface area contributed by atoms with Crippen LogP contribution in [0.3, 0.4) is 0 Å². The minimum absolute atomic E-state index is 0.0370. The largest absolute Gasteiger partial charge is 0.487 e. The number of hydrogen-bond donors (Lipinski definition) is 1. The number of piperidine rings is 1. The second kappa shape index (κ2) is 11.5. The molecule has 2 aliphatic heterocycles. The zero-order chi connectivity index (χ0) is 32.1. The Kier molecular flexibility index (Phi) is 8.38. The summed E-state index contributed by atoms with van der Waals surface area (Å²) in [7, 11) is -4.00. The number of alkyl halides is 3. The van der Waals surface area contributed by atoms with E-state index in [9.17, 15) is 26.4 Å². The van der Waals surface area contributed by atoms with Crippen molar-refractivity contribution < 1.29 is 35.9 Å². The number of amides is 1. The summed E-state index contributed by atoms with van der Waals surface area (Å²) in [5.41, 5.74) is 1.27. The number of halogens is 3. The van der Waals surface area contributed by atoms with Crippen molar-refractivity contribution >= 4 is 32.6 Å². The Morgan fingerprint density at radius 1 is 1.07 bits per heavy atom. The fraction of sp³-hybridized carbons (Fsp3) is 0.500. The number of ether oxygens (including phenoxy) is 2. The summed E-state index contributed by atoms with van der Waals surface area (Å²) in [6.45, 7) is 9.80. The number of rotatable bonds is 5. The molecule has 0 aliphatic carbocycles. The molecule has 9 nitrogen and oxygen atoms in total. The van der Waals surface area contributed by atoms with Crippen molar-refractivity contribution in [2.45, 2.75) is 88.0 Å². The standard InChI is InChI=1S/C30H35F3N4O5S2/c1-28(2,3)42-27(38)37-12-10-18(11-13-37)23-14-19(30(31,32)33)6-8-21(23)24-16-29(4,5)41-25-15-20(7-9-22(24)25)44(39,40)36-26-35-34-17-43-26/h6-9,14-15,17-18,24H,10-13,16H2,1-5H3,(H,35,36). The van der Waals surface area contributed by atoms with Gasteiger partial charge in [-0.3, -0.25) is 4.72 Å². The monoisotopic (exact) mass is 652 g/mol. The normalized spacial score (nSPS) is 19.2. The van der Waals surface area contributed by atoms with Crippen LogP contribution in [0.2, 0.25) is 0 Å². The highest BCUT2D eigenvalue weighted by Gasteiger charge is 2.39. The molecule has 44 heavy (non-hydrogen) atoms. The van der Waals surface area contributed by atoms with Crippen LogP contribution in [0.4, 0.5) is 23.1 Å². The van der Waals surface area contributed by atoms with E-state index in [1.165, 1.54) is 29.8 Å². The molecule has 14 heteroatoms. The van der Waals surface area contributed by atoms with Gasteiger partial charge in [0, 0.05) is 30.6 Å². The van der Waals surface area contributed by atoms with Crippen LogP contribution < -0.4 is 9.46 Å². The Labute approximate surface area is 258 Å². The van der Waals surface area contributed by atoms with Crippen molar-refractivity contribution in [3.05, 3.63) is 64.2 Å². The number of anilines is 1. The third-order valence-electron chi connectivity index (χ3n) is 7.71. The van der Waals surface area contributed by atoms with E-state index in [0.717, 1.165) is 23.0 Å². The maximum atomic E-state index is 13.9. The number of sulfonamides is 1. The smallest absolute Gasteiger partial charge is 0.416 e. The second-order valence-corrected chi connectivity index (χ2v) is 15.3. The predicted molar refractivity (Wildman–Crippen MR) is 160 cm³/mol. The van der Waals surface area contributed by atoms with Crippen LogP contribution >= 0.6 is 11.3 Å². The molecule has 0 saturated carbocycles. The topological polar surface area (TPSA) is 111 Å². The molecule has 3 aromatic rings. The SMILES string of the molecule is CC(C)(C)OC(=O)N1CCC(c2cc(C(F)(F)F)ccc2C2CC(C)(C)Oc3cc(S(=O)(=O)Nc4nncs4)ccc32)CC1. The summed E-state index contributed by atoms with van der Waals surface area (Å²) in [5, 5.41) is 7.50. The molecule has 1 saturated heterocycles. The zero-order valence-corrected chi connectivity index (χ0v) is 26.7. The molecule has 2 aromatic carbocycles. The maximum Gasteiger partial charge on any atom is 0.416 e. The van der Waals surface area contributed by atoms with Crippen LogP contribution in [-0.2, 0) is 20.9 Å². The number of benzene rings is 2. The van der Waals surface area contributed by atoms with Crippen molar-refractivity contribution in [1.82, 2.24) is 15.1 Å². The Morgan fingerprint density at radius 3 is 2.36 bits per heavy atom. The van der Waals surface area contributed by atoms with Crippen molar-refractivity contribution in [3.63, 3.8) is 0 Å². The summed E-state index contributed by atoms with van der Waals surface area (Å²) < 4.78 is 82.1. The lowest BCUT2D eigenvalue weighted by molar-refractivity contribution is -0.137. The highest BCUT2D eigenvalue weighted by Crippen LogP contribution is 2.48. The number of aromatic nitrogens is 2. The Morgan fingerprint density at radius 2 is 1.75 bits per heavy atom. The van der Waals surface area contributed by atoms with Gasteiger partial charge in [0.25, 0.3) is 10.0 Å². The molecule has 1 N–H and O–H groups in total. The van der Waals surface area contributed by atoms with E-state index in [2.05, 4.69) is 14.9 Å². The van der Waals surface area contributed by atoms with Gasteiger partial charge in [0.15, 0.2) is 0 Å². The molecule has 0 bridgehead atoms. The summed E-state index contributed by atoms with van der Waals surface area (Å²) in [6.07, 6.45) is -3.56. The fourth-order valence-electron chi connectivity index (χ4n) is 5.79. The Hall–Kier alpha value is -3.39. The van der Waals surface area contributed by atoms with Crippen molar-refractivity contribution in [2.75, 3.05) is 17.8 Å². The van der Waals surface area contributed by atoms with Gasteiger partial charge < -0.3 is 14.4 Å². The Balaban J connectivity index is 1.50. The minimum Gasteiger partial charge on any atom is -0.487 e. The summed E-state index contributed by atoms with van der Waals surface area (Å²) in [5.74, 6) is -0.240. The lowest BCUT2D eigenvalue weighted by Crippen LogP contribution is -2.41. The van der Waals surface area contributed by atoms with Gasteiger partial charge in [-0.2, -0.15) is 13.2 Å². The van der Waals surface area contributed by atoms with E-state index >= 15 is 0 Å². The van der Waals surface area contributed by atoms with Crippen LogP contribution in [-0.4, -0.2) is 53.9 Å². The lowest BCUT2D eigenvalue weighted by Gasteiger charge is -2.40. The first kappa shape index (κ1) is 32.0. The first-order valence-corrected chi connectivity index (χ1v) is 16.6. The molecule has 0 spiro atoms. The van der Waals surface area contributed by atoms with Gasteiger partial charge in [0.05, 0.1) is 10.5 Å². The van der Waals surface area contributed by atoms with Gasteiger partial charge in [0.1, 0.15) is 22.5 Å². The number of hydrogen-bond acceptors (Lipinski definition) is 8. The highest BCUT2D eigenvalue weighted by molar-refractivity contribution is 7.93. The first-order valence-electron chi connectivity index (χ1n) is 14.2. The number of nitrogens with one attached hydrogen (secondary N) is 1. The van der Waals surface area contributed by atoms with Gasteiger partial charge in [0.2, 0.25) is 5.13 Å². The molecule has 1 aromatic heterocycles. The molecular weight excluding hydrogens is 617 g/mol. The number of carbonyl (C=O) groups excluding carboxylic acids is 1. The number of likely N-dealkylation sites (tertiary alicyclic amines) is 1. The van der Waals surface area contributed by atoms with Gasteiger partial charge in [-0.1, -0.05) is 23.5 Å². The average Bonchev–Trinajstić information content (AvgIpc) is 3.42. The molecule has 1 unspecified atom stereocenters. The summed E-state index contributed by atoms with van der Waals surface area (Å²) >= 11 is 1.04. The Bertz CT molecular complexity index is 1630. The van der Waals surface area contributed by atoms with Gasteiger partial charge >= 0.3 is 12.3 Å². The molecule has 1 fully saturated rings. The van der Waals surface area contributed by atoms with E-state index in [4.69, 9.17) is 9.47 Å². The van der Waals surface area contributed by atoms with E-state index in [1.54, 1.807) is 31.7 Å². The second-order valence-electron chi connectivity index (χ2n) is 12.8. The number of nitrogens with zero attached hydrogens (tertiary/aromatic N) is 3. The maximum absolute atomic E-state index is 13.9. The van der Waals surface area contributed by atoms with Gasteiger partial charge in [-0.15, -0.1) is 10.2 Å². The van der Waals surface area contributed by atoms with Crippen LogP contribution in [0.5, 0.6) is 5.75 Å². The lowest BCUT2D eigenvalue weighted by atomic mass is 9.75. The molecule has 3 heterocycles. The fourth-order valence-corrected chi connectivity index (χ4v) is 7.50. The van der Waals surface area contributed by atoms with Crippen molar-refractivity contribution in [3.8, 4) is 5.75 Å². The van der Waals surface area contributed by atoms with Gasteiger partial charge in [-0.25, -0.2) is 13.2 Å². The summed E-state index contributed by atoms with van der Waals surface area (Å²) in [4.78, 5) is 14.2. The highest BCUT2D eigenvalue weighted by atomic mass is 32.2. The molecular formula is C30H35F3N4O5S2. The molecule has 1 atom stereocenters. The molecule has 238 valence electrons. The third kappa shape index (κ3) is 7.12. The first-order chi connectivity index (χ1) is 20.4.